The smallest absolute Gasteiger partial charge is 0.249 e. The minimum absolute atomic E-state index is 0.0533. The van der Waals surface area contributed by atoms with Crippen molar-refractivity contribution >= 4 is 23.1 Å². The van der Waals surface area contributed by atoms with Crippen LogP contribution in [0.3, 0.4) is 0 Å². The number of benzene rings is 1. The molecule has 1 atom stereocenters. The Morgan fingerprint density at radius 2 is 2.00 bits per heavy atom. The van der Waals surface area contributed by atoms with Gasteiger partial charge in [0.2, 0.25) is 5.91 Å². The van der Waals surface area contributed by atoms with E-state index in [9.17, 15) is 9.18 Å². The van der Waals surface area contributed by atoms with Crippen LogP contribution >= 0.6 is 0 Å². The predicted molar refractivity (Wildman–Crippen MR) is 113 cm³/mol. The number of anilines is 3. The molecule has 0 unspecified atom stereocenters. The minimum Gasteiger partial charge on any atom is -0.366 e. The molecule has 2 aliphatic heterocycles. The highest BCUT2D eigenvalue weighted by Crippen LogP contribution is 2.40. The summed E-state index contributed by atoms with van der Waals surface area (Å²) in [5.41, 5.74) is 3.94. The van der Waals surface area contributed by atoms with Crippen LogP contribution in [-0.2, 0) is 17.9 Å². The Bertz CT molecular complexity index is 1080. The van der Waals surface area contributed by atoms with Gasteiger partial charge in [0.1, 0.15) is 17.7 Å². The molecule has 0 bridgehead atoms. The van der Waals surface area contributed by atoms with Gasteiger partial charge in [-0.15, -0.1) is 0 Å². The second kappa shape index (κ2) is 7.44. The molecule has 7 nitrogen and oxygen atoms in total. The van der Waals surface area contributed by atoms with Crippen molar-refractivity contribution in [3.63, 3.8) is 0 Å². The number of pyridine rings is 1. The average Bonchev–Trinajstić information content (AvgIpc) is 3.42. The summed E-state index contributed by atoms with van der Waals surface area (Å²) < 4.78 is 14.9. The third-order valence-corrected chi connectivity index (χ3v) is 5.82. The van der Waals surface area contributed by atoms with Crippen LogP contribution < -0.4 is 15.1 Å². The molecule has 30 heavy (non-hydrogen) atoms. The topological polar surface area (TPSA) is 66.3 Å². The van der Waals surface area contributed by atoms with Gasteiger partial charge in [-0.3, -0.25) is 9.48 Å². The highest BCUT2D eigenvalue weighted by atomic mass is 19.1. The van der Waals surface area contributed by atoms with E-state index in [4.69, 9.17) is 0 Å². The molecule has 8 heteroatoms. The van der Waals surface area contributed by atoms with Crippen LogP contribution in [0.25, 0.3) is 0 Å². The first-order valence-electron chi connectivity index (χ1n) is 10.1. The van der Waals surface area contributed by atoms with E-state index >= 15 is 0 Å². The number of aromatic nitrogens is 3. The van der Waals surface area contributed by atoms with E-state index in [2.05, 4.69) is 20.3 Å². The molecule has 0 saturated carbocycles. The highest BCUT2D eigenvalue weighted by molar-refractivity contribution is 6.05. The molecular formula is C22H23FN6O. The van der Waals surface area contributed by atoms with Crippen molar-refractivity contribution in [1.82, 2.24) is 14.8 Å². The summed E-state index contributed by atoms with van der Waals surface area (Å²) in [6, 6.07) is 8.42. The lowest BCUT2D eigenvalue weighted by Gasteiger charge is -2.37. The van der Waals surface area contributed by atoms with E-state index in [0.29, 0.717) is 13.1 Å². The lowest BCUT2D eigenvalue weighted by Crippen LogP contribution is -2.49. The number of hydrogen-bond donors (Lipinski definition) is 1. The fourth-order valence-electron chi connectivity index (χ4n) is 4.23. The van der Waals surface area contributed by atoms with Crippen molar-refractivity contribution < 1.29 is 9.18 Å². The molecule has 1 N–H and O–H groups in total. The fourth-order valence-corrected chi connectivity index (χ4v) is 4.23. The lowest BCUT2D eigenvalue weighted by molar-refractivity contribution is -0.119. The average molecular weight is 406 g/mol. The van der Waals surface area contributed by atoms with Crippen LogP contribution in [0.5, 0.6) is 0 Å². The highest BCUT2D eigenvalue weighted by Gasteiger charge is 2.39. The molecule has 3 aromatic rings. The van der Waals surface area contributed by atoms with Crippen LogP contribution in [0.4, 0.5) is 21.6 Å². The fraction of sp³-hybridized carbons (Fsp3) is 0.318. The third-order valence-electron chi connectivity index (χ3n) is 5.82. The molecule has 0 radical (unpaired) electrons. The molecular weight excluding hydrogens is 383 g/mol. The molecule has 0 aliphatic carbocycles. The van der Waals surface area contributed by atoms with E-state index < -0.39 is 0 Å². The Morgan fingerprint density at radius 3 is 2.83 bits per heavy atom. The zero-order valence-corrected chi connectivity index (χ0v) is 16.8. The van der Waals surface area contributed by atoms with Gasteiger partial charge in [0.05, 0.1) is 30.3 Å². The molecule has 1 amide bonds. The number of nitrogens with zero attached hydrogens (tertiary/aromatic N) is 5. The molecule has 1 fully saturated rings. The molecule has 2 aliphatic rings. The van der Waals surface area contributed by atoms with Crippen molar-refractivity contribution in [2.45, 2.75) is 32.0 Å². The summed E-state index contributed by atoms with van der Waals surface area (Å²) in [5, 5.41) is 7.75. The number of likely N-dealkylation sites (N-methyl/N-ethyl adjacent to an activating group) is 1. The minimum atomic E-state index is -0.238. The Kier molecular flexibility index (Phi) is 4.61. The first kappa shape index (κ1) is 18.6. The van der Waals surface area contributed by atoms with Gasteiger partial charge in [0.25, 0.3) is 0 Å². The normalized spacial score (nSPS) is 17.8. The zero-order valence-electron chi connectivity index (χ0n) is 16.8. The monoisotopic (exact) mass is 406 g/mol. The zero-order chi connectivity index (χ0) is 20.7. The van der Waals surface area contributed by atoms with Crippen LogP contribution in [-0.4, -0.2) is 40.3 Å². The van der Waals surface area contributed by atoms with Crippen LogP contribution in [0.2, 0.25) is 0 Å². The summed E-state index contributed by atoms with van der Waals surface area (Å²) in [6.45, 7) is 2.08. The van der Waals surface area contributed by atoms with Gasteiger partial charge in [-0.1, -0.05) is 12.1 Å². The summed E-state index contributed by atoms with van der Waals surface area (Å²) in [7, 11) is 1.82. The van der Waals surface area contributed by atoms with E-state index in [0.717, 1.165) is 47.7 Å². The standard InChI is InChI=1S/C22H23FN6O/c1-27-20-12-25-21(9-19(20)29-8-2-3-18(29)22(27)30)24-10-16-11-26-28(14-16)13-15-4-6-17(23)7-5-15/h4-7,9,11-12,14,18H,2-3,8,10,13H2,1H3,(H,24,25)/t18-/m0/s1. The Balaban J connectivity index is 1.27. The summed E-state index contributed by atoms with van der Waals surface area (Å²) in [4.78, 5) is 20.9. The maximum atomic E-state index is 13.1. The van der Waals surface area contributed by atoms with Gasteiger partial charge in [-0.05, 0) is 30.5 Å². The number of nitrogens with one attached hydrogen (secondary N) is 1. The third kappa shape index (κ3) is 3.38. The maximum Gasteiger partial charge on any atom is 0.249 e. The molecule has 1 saturated heterocycles. The van der Waals surface area contributed by atoms with Crippen molar-refractivity contribution in [2.75, 3.05) is 28.7 Å². The van der Waals surface area contributed by atoms with Crippen LogP contribution in [0.1, 0.15) is 24.0 Å². The summed E-state index contributed by atoms with van der Waals surface area (Å²) >= 11 is 0. The number of fused-ring (bicyclic) bond motifs is 3. The number of hydrogen-bond acceptors (Lipinski definition) is 5. The summed E-state index contributed by atoms with van der Waals surface area (Å²) in [5.74, 6) is 0.682. The second-order valence-electron chi connectivity index (χ2n) is 7.83. The van der Waals surface area contributed by atoms with Crippen molar-refractivity contribution in [2.24, 2.45) is 0 Å². The van der Waals surface area contributed by atoms with Gasteiger partial charge in [-0.25, -0.2) is 9.37 Å². The summed E-state index contributed by atoms with van der Waals surface area (Å²) in [6.07, 6.45) is 7.49. The first-order chi connectivity index (χ1) is 14.6. The Morgan fingerprint density at radius 1 is 1.17 bits per heavy atom. The van der Waals surface area contributed by atoms with Gasteiger partial charge in [0, 0.05) is 38.0 Å². The number of carbonyl (C=O) groups excluding carboxylic acids is 1. The number of carbonyl (C=O) groups is 1. The molecule has 4 heterocycles. The Hall–Kier alpha value is -3.42. The number of rotatable bonds is 5. The van der Waals surface area contributed by atoms with E-state index in [1.54, 1.807) is 23.2 Å². The van der Waals surface area contributed by atoms with E-state index in [1.807, 2.05) is 30.2 Å². The largest absolute Gasteiger partial charge is 0.366 e. The maximum absolute atomic E-state index is 13.1. The molecule has 0 spiro atoms. The lowest BCUT2D eigenvalue weighted by atomic mass is 10.1. The predicted octanol–water partition coefficient (Wildman–Crippen LogP) is 3.02. The van der Waals surface area contributed by atoms with Crippen LogP contribution in [0.15, 0.2) is 48.9 Å². The van der Waals surface area contributed by atoms with Gasteiger partial charge in [0.15, 0.2) is 0 Å². The molecule has 5 rings (SSSR count). The number of amides is 1. The van der Waals surface area contributed by atoms with Crippen LogP contribution in [0, 0.1) is 5.82 Å². The van der Waals surface area contributed by atoms with Crippen molar-refractivity contribution in [1.29, 1.82) is 0 Å². The first-order valence-corrected chi connectivity index (χ1v) is 10.1. The molecule has 2 aromatic heterocycles. The van der Waals surface area contributed by atoms with Crippen molar-refractivity contribution in [3.8, 4) is 0 Å². The van der Waals surface area contributed by atoms with Gasteiger partial charge >= 0.3 is 0 Å². The SMILES string of the molecule is CN1C(=O)[C@@H]2CCCN2c2cc(NCc3cnn(Cc4ccc(F)cc4)c3)ncc21. The van der Waals surface area contributed by atoms with E-state index in [-0.39, 0.29) is 17.8 Å². The number of halogens is 1. The quantitative estimate of drug-likeness (QED) is 0.706. The van der Waals surface area contributed by atoms with E-state index in [1.165, 1.54) is 12.1 Å². The molecule has 154 valence electrons. The molecule has 1 aromatic carbocycles. The van der Waals surface area contributed by atoms with Gasteiger partial charge < -0.3 is 15.1 Å². The Labute approximate surface area is 174 Å². The van der Waals surface area contributed by atoms with Crippen molar-refractivity contribution in [3.05, 3.63) is 65.9 Å². The second-order valence-corrected chi connectivity index (χ2v) is 7.83. The van der Waals surface area contributed by atoms with Gasteiger partial charge in [-0.2, -0.15) is 5.10 Å².